The highest BCUT2D eigenvalue weighted by molar-refractivity contribution is 6.35. The Balaban J connectivity index is 1.23. The summed E-state index contributed by atoms with van der Waals surface area (Å²) in [4.78, 5) is 17.1. The highest BCUT2D eigenvalue weighted by Crippen LogP contribution is 2.41. The summed E-state index contributed by atoms with van der Waals surface area (Å²) in [5.41, 5.74) is 14.4. The summed E-state index contributed by atoms with van der Waals surface area (Å²) >= 11 is 12.7. The number of carbonyl (C=O) groups is 1. The molecule has 5 rings (SSSR count). The Bertz CT molecular complexity index is 1010. The van der Waals surface area contributed by atoms with Crippen LogP contribution in [0.2, 0.25) is 10.0 Å². The molecule has 2 aliphatic heterocycles. The van der Waals surface area contributed by atoms with Crippen LogP contribution in [0.15, 0.2) is 24.8 Å². The Kier molecular flexibility index (Phi) is 7.00. The van der Waals surface area contributed by atoms with Gasteiger partial charge in [0.1, 0.15) is 0 Å². The van der Waals surface area contributed by atoms with Gasteiger partial charge in [-0.3, -0.25) is 15.1 Å². The molecule has 1 aliphatic carbocycles. The minimum Gasteiger partial charge on any atom is -0.370 e. The van der Waals surface area contributed by atoms with Gasteiger partial charge in [0.2, 0.25) is 0 Å². The third-order valence-corrected chi connectivity index (χ3v) is 8.13. The SMILES string of the molecule is C[C@@H](OC1CCC2NNC(c3cnn(C4CCN(C(N)=O)CC4)c3)C2C1)c1c(Cl)cncc1Cl. The molecule has 2 amide bonds. The van der Waals surface area contributed by atoms with E-state index < -0.39 is 0 Å². The van der Waals surface area contributed by atoms with Crippen molar-refractivity contribution in [2.75, 3.05) is 13.1 Å². The van der Waals surface area contributed by atoms with E-state index in [1.54, 1.807) is 17.3 Å². The summed E-state index contributed by atoms with van der Waals surface area (Å²) in [6.07, 6.45) is 11.9. The number of primary amides is 1. The van der Waals surface area contributed by atoms with E-state index >= 15 is 0 Å². The van der Waals surface area contributed by atoms with Gasteiger partial charge in [-0.2, -0.15) is 5.10 Å². The fourth-order valence-electron chi connectivity index (χ4n) is 5.70. The zero-order valence-corrected chi connectivity index (χ0v) is 20.7. The summed E-state index contributed by atoms with van der Waals surface area (Å²) in [5.74, 6) is 0.392. The van der Waals surface area contributed by atoms with Crippen molar-refractivity contribution >= 4 is 29.2 Å². The number of ether oxygens (including phenoxy) is 1. The van der Waals surface area contributed by atoms with E-state index in [1.165, 1.54) is 5.56 Å². The third kappa shape index (κ3) is 4.77. The van der Waals surface area contributed by atoms with E-state index in [4.69, 9.17) is 33.7 Å². The molecule has 9 nitrogen and oxygen atoms in total. The Labute approximate surface area is 209 Å². The lowest BCUT2D eigenvalue weighted by molar-refractivity contribution is -0.0370. The number of nitrogens with one attached hydrogen (secondary N) is 2. The smallest absolute Gasteiger partial charge is 0.314 e. The van der Waals surface area contributed by atoms with Crippen molar-refractivity contribution in [2.24, 2.45) is 11.7 Å². The number of amides is 2. The second-order valence-electron chi connectivity index (χ2n) is 9.58. The first-order valence-electron chi connectivity index (χ1n) is 11.9. The monoisotopic (exact) mass is 507 g/mol. The van der Waals surface area contributed by atoms with Crippen LogP contribution >= 0.6 is 23.2 Å². The van der Waals surface area contributed by atoms with Crippen molar-refractivity contribution < 1.29 is 9.53 Å². The zero-order chi connectivity index (χ0) is 23.8. The molecule has 4 heterocycles. The topological polar surface area (TPSA) is 110 Å². The number of piperidine rings is 1. The summed E-state index contributed by atoms with van der Waals surface area (Å²) in [6.45, 7) is 3.34. The normalized spacial score (nSPS) is 28.6. The molecule has 11 heteroatoms. The van der Waals surface area contributed by atoms with Crippen LogP contribution in [0.25, 0.3) is 0 Å². The predicted molar refractivity (Wildman–Crippen MR) is 129 cm³/mol. The van der Waals surface area contributed by atoms with Crippen LogP contribution in [-0.2, 0) is 4.74 Å². The lowest BCUT2D eigenvalue weighted by Gasteiger charge is -2.34. The lowest BCUT2D eigenvalue weighted by Crippen LogP contribution is -2.42. The number of urea groups is 1. The molecule has 3 fully saturated rings. The van der Waals surface area contributed by atoms with Gasteiger partial charge in [-0.05, 0) is 44.9 Å². The van der Waals surface area contributed by atoms with Gasteiger partial charge in [0, 0.05) is 48.8 Å². The van der Waals surface area contributed by atoms with Crippen LogP contribution in [0, 0.1) is 5.92 Å². The van der Waals surface area contributed by atoms with Gasteiger partial charge in [0.15, 0.2) is 0 Å². The molecule has 4 N–H and O–H groups in total. The molecule has 184 valence electrons. The molecule has 0 radical (unpaired) electrons. The van der Waals surface area contributed by atoms with E-state index in [0.717, 1.165) is 37.7 Å². The molecule has 4 unspecified atom stereocenters. The van der Waals surface area contributed by atoms with Crippen LogP contribution < -0.4 is 16.6 Å². The molecule has 0 spiro atoms. The maximum absolute atomic E-state index is 11.4. The van der Waals surface area contributed by atoms with Crippen molar-refractivity contribution in [1.29, 1.82) is 0 Å². The molecule has 0 bridgehead atoms. The molecule has 0 aromatic carbocycles. The van der Waals surface area contributed by atoms with Crippen molar-refractivity contribution in [2.45, 2.75) is 69.4 Å². The number of hydrazine groups is 1. The second-order valence-corrected chi connectivity index (χ2v) is 10.4. The van der Waals surface area contributed by atoms with Gasteiger partial charge in [-0.25, -0.2) is 10.2 Å². The second kappa shape index (κ2) is 9.99. The van der Waals surface area contributed by atoms with Gasteiger partial charge in [-0.1, -0.05) is 23.2 Å². The van der Waals surface area contributed by atoms with Gasteiger partial charge in [0.05, 0.1) is 40.5 Å². The van der Waals surface area contributed by atoms with E-state index in [-0.39, 0.29) is 30.3 Å². The Hall–Kier alpha value is -1.91. The molecular formula is C23H31Cl2N7O2. The van der Waals surface area contributed by atoms with Crippen LogP contribution in [0.4, 0.5) is 4.79 Å². The first-order valence-corrected chi connectivity index (χ1v) is 12.7. The fourth-order valence-corrected chi connectivity index (χ4v) is 6.37. The molecule has 2 saturated heterocycles. The summed E-state index contributed by atoms with van der Waals surface area (Å²) in [5, 5.41) is 5.73. The average molecular weight is 508 g/mol. The van der Waals surface area contributed by atoms with Crippen LogP contribution in [0.5, 0.6) is 0 Å². The number of aromatic nitrogens is 3. The quantitative estimate of drug-likeness (QED) is 0.568. The van der Waals surface area contributed by atoms with Crippen molar-refractivity contribution in [1.82, 2.24) is 30.5 Å². The number of halogens is 2. The molecule has 5 atom stereocenters. The number of nitrogens with two attached hydrogens (primary N) is 1. The number of likely N-dealkylation sites (tertiary alicyclic amines) is 1. The van der Waals surface area contributed by atoms with E-state index in [2.05, 4.69) is 31.8 Å². The van der Waals surface area contributed by atoms with Crippen molar-refractivity contribution in [3.8, 4) is 0 Å². The molecule has 2 aromatic rings. The van der Waals surface area contributed by atoms with Crippen LogP contribution in [0.3, 0.4) is 0 Å². The number of pyridine rings is 1. The van der Waals surface area contributed by atoms with Crippen molar-refractivity contribution in [3.63, 3.8) is 0 Å². The number of hydrogen-bond donors (Lipinski definition) is 3. The summed E-state index contributed by atoms with van der Waals surface area (Å²) < 4.78 is 8.50. The molecule has 3 aliphatic rings. The zero-order valence-electron chi connectivity index (χ0n) is 19.2. The van der Waals surface area contributed by atoms with Gasteiger partial charge in [-0.15, -0.1) is 0 Å². The van der Waals surface area contributed by atoms with E-state index in [0.29, 0.717) is 35.1 Å². The maximum atomic E-state index is 11.4. The lowest BCUT2D eigenvalue weighted by atomic mass is 9.78. The van der Waals surface area contributed by atoms with Gasteiger partial charge < -0.3 is 15.4 Å². The fraction of sp³-hybridized carbons (Fsp3) is 0.609. The van der Waals surface area contributed by atoms with Crippen LogP contribution in [-0.4, -0.2) is 50.9 Å². The van der Waals surface area contributed by atoms with Crippen LogP contribution in [0.1, 0.15) is 68.3 Å². The van der Waals surface area contributed by atoms with Gasteiger partial charge >= 0.3 is 6.03 Å². The molecule has 34 heavy (non-hydrogen) atoms. The van der Waals surface area contributed by atoms with Crippen molar-refractivity contribution in [3.05, 3.63) is 46.0 Å². The summed E-state index contributed by atoms with van der Waals surface area (Å²) in [6, 6.07) is 0.506. The average Bonchev–Trinajstić information content (AvgIpc) is 3.46. The summed E-state index contributed by atoms with van der Waals surface area (Å²) in [7, 11) is 0. The van der Waals surface area contributed by atoms with E-state index in [1.807, 2.05) is 13.1 Å². The number of carbonyl (C=O) groups excluding carboxylic acids is 1. The molecule has 2 aromatic heterocycles. The highest BCUT2D eigenvalue weighted by atomic mass is 35.5. The Morgan fingerprint density at radius 2 is 1.88 bits per heavy atom. The minimum atomic E-state index is -0.344. The number of fused-ring (bicyclic) bond motifs is 1. The van der Waals surface area contributed by atoms with Gasteiger partial charge in [0.25, 0.3) is 0 Å². The minimum absolute atomic E-state index is 0.119. The standard InChI is InChI=1S/C23H31Cl2N7O2/c1-13(21-18(24)10-27-11-19(21)25)34-16-2-3-20-17(8-16)22(30-29-20)14-9-28-32(12-14)15-4-6-31(7-5-15)23(26)33/h9-13,15-17,20,22,29-30H,2-8H2,1H3,(H2,26,33)/t13-,16?,17?,20?,22?/m1/s1. The largest absolute Gasteiger partial charge is 0.370 e. The third-order valence-electron chi connectivity index (χ3n) is 7.53. The molecular weight excluding hydrogens is 477 g/mol. The number of hydrogen-bond acceptors (Lipinski definition) is 6. The number of rotatable bonds is 5. The van der Waals surface area contributed by atoms with E-state index in [9.17, 15) is 4.79 Å². The Morgan fingerprint density at radius 1 is 1.15 bits per heavy atom. The maximum Gasteiger partial charge on any atom is 0.314 e. The number of nitrogens with zero attached hydrogens (tertiary/aromatic N) is 4. The first kappa shape index (κ1) is 23.8. The highest BCUT2D eigenvalue weighted by Gasteiger charge is 2.42. The predicted octanol–water partition coefficient (Wildman–Crippen LogP) is 3.76. The first-order chi connectivity index (χ1) is 16.4. The Morgan fingerprint density at radius 3 is 2.59 bits per heavy atom. The molecule has 1 saturated carbocycles.